The number of fused-ring (bicyclic) bond motifs is 1. The number of ether oxygens (including phenoxy) is 1. The van der Waals surface area contributed by atoms with Crippen LogP contribution in [-0.4, -0.2) is 47.6 Å². The SMILES string of the molecule is COc1cc2c(cc1F)nc(CCCl)n2CC(C)N(C)C. The first-order valence-corrected chi connectivity index (χ1v) is 7.46. The Labute approximate surface area is 129 Å². The van der Waals surface area contributed by atoms with Crippen molar-refractivity contribution < 1.29 is 9.13 Å². The summed E-state index contributed by atoms with van der Waals surface area (Å²) >= 11 is 5.86. The highest BCUT2D eigenvalue weighted by molar-refractivity contribution is 6.17. The van der Waals surface area contributed by atoms with Gasteiger partial charge < -0.3 is 14.2 Å². The van der Waals surface area contributed by atoms with E-state index in [9.17, 15) is 4.39 Å². The van der Waals surface area contributed by atoms with Gasteiger partial charge in [-0.25, -0.2) is 9.37 Å². The van der Waals surface area contributed by atoms with Crippen molar-refractivity contribution in [1.82, 2.24) is 14.5 Å². The van der Waals surface area contributed by atoms with Crippen molar-refractivity contribution in [2.45, 2.75) is 25.9 Å². The molecule has 2 aromatic rings. The number of likely N-dealkylation sites (N-methyl/N-ethyl adjacent to an activating group) is 1. The Morgan fingerprint density at radius 1 is 1.43 bits per heavy atom. The number of methoxy groups -OCH3 is 1. The fourth-order valence-electron chi connectivity index (χ4n) is 2.24. The molecule has 1 atom stereocenters. The van der Waals surface area contributed by atoms with Crippen LogP contribution in [0.3, 0.4) is 0 Å². The van der Waals surface area contributed by atoms with Gasteiger partial charge in [-0.3, -0.25) is 0 Å². The van der Waals surface area contributed by atoms with Gasteiger partial charge in [-0.15, -0.1) is 11.6 Å². The third-order valence-corrected chi connectivity index (χ3v) is 3.94. The third-order valence-electron chi connectivity index (χ3n) is 3.75. The van der Waals surface area contributed by atoms with Crippen molar-refractivity contribution in [2.75, 3.05) is 27.1 Å². The predicted octanol–water partition coefficient (Wildman–Crippen LogP) is 2.92. The van der Waals surface area contributed by atoms with Crippen molar-refractivity contribution in [3.8, 4) is 5.75 Å². The van der Waals surface area contributed by atoms with Crippen LogP contribution >= 0.6 is 11.6 Å². The fraction of sp³-hybridized carbons (Fsp3) is 0.533. The molecule has 0 saturated carbocycles. The molecule has 21 heavy (non-hydrogen) atoms. The first-order chi connectivity index (χ1) is 9.97. The summed E-state index contributed by atoms with van der Waals surface area (Å²) in [6.07, 6.45) is 0.653. The summed E-state index contributed by atoms with van der Waals surface area (Å²) < 4.78 is 21.0. The van der Waals surface area contributed by atoms with Crippen LogP contribution in [0.15, 0.2) is 12.1 Å². The summed E-state index contributed by atoms with van der Waals surface area (Å²) in [5.74, 6) is 1.20. The standard InChI is InChI=1S/C15H21ClFN3O/c1-10(19(2)3)9-20-13-8-14(21-4)11(17)7-12(13)18-15(20)5-6-16/h7-8,10H,5-6,9H2,1-4H3. The Morgan fingerprint density at radius 3 is 2.71 bits per heavy atom. The van der Waals surface area contributed by atoms with E-state index in [0.29, 0.717) is 23.9 Å². The van der Waals surface area contributed by atoms with Crippen LogP contribution in [0, 0.1) is 5.82 Å². The van der Waals surface area contributed by atoms with E-state index in [1.807, 2.05) is 14.1 Å². The molecule has 0 spiro atoms. The first kappa shape index (κ1) is 16.0. The highest BCUT2D eigenvalue weighted by atomic mass is 35.5. The largest absolute Gasteiger partial charge is 0.494 e. The van der Waals surface area contributed by atoms with E-state index in [1.165, 1.54) is 13.2 Å². The number of benzene rings is 1. The maximum Gasteiger partial charge on any atom is 0.167 e. The van der Waals surface area contributed by atoms with Gasteiger partial charge in [0.2, 0.25) is 0 Å². The smallest absolute Gasteiger partial charge is 0.167 e. The molecule has 0 aliphatic heterocycles. The van der Waals surface area contributed by atoms with Crippen LogP contribution in [0.2, 0.25) is 0 Å². The number of alkyl halides is 1. The molecule has 1 heterocycles. The van der Waals surface area contributed by atoms with Crippen LogP contribution < -0.4 is 4.74 Å². The molecular formula is C15H21ClFN3O. The van der Waals surface area contributed by atoms with Crippen LogP contribution in [0.25, 0.3) is 11.0 Å². The molecule has 0 bridgehead atoms. The molecule has 2 rings (SSSR count). The fourth-order valence-corrected chi connectivity index (χ4v) is 2.41. The molecule has 0 aliphatic rings. The maximum absolute atomic E-state index is 13.8. The predicted molar refractivity (Wildman–Crippen MR) is 83.8 cm³/mol. The summed E-state index contributed by atoms with van der Waals surface area (Å²) in [5, 5.41) is 0. The number of imidazole rings is 1. The van der Waals surface area contributed by atoms with Gasteiger partial charge in [-0.05, 0) is 21.0 Å². The third kappa shape index (κ3) is 3.30. The minimum Gasteiger partial charge on any atom is -0.494 e. The number of rotatable bonds is 6. The molecule has 0 N–H and O–H groups in total. The van der Waals surface area contributed by atoms with Gasteiger partial charge in [0, 0.05) is 37.0 Å². The molecule has 0 aliphatic carbocycles. The van der Waals surface area contributed by atoms with Crippen LogP contribution in [0.5, 0.6) is 5.75 Å². The van der Waals surface area contributed by atoms with Crippen molar-refractivity contribution in [2.24, 2.45) is 0 Å². The second kappa shape index (κ2) is 6.62. The molecule has 0 radical (unpaired) electrons. The van der Waals surface area contributed by atoms with Gasteiger partial charge in [-0.2, -0.15) is 0 Å². The van der Waals surface area contributed by atoms with E-state index in [-0.39, 0.29) is 5.75 Å². The van der Waals surface area contributed by atoms with E-state index in [2.05, 4.69) is 21.4 Å². The van der Waals surface area contributed by atoms with Crippen LogP contribution in [0.1, 0.15) is 12.7 Å². The lowest BCUT2D eigenvalue weighted by molar-refractivity contribution is 0.284. The molecular weight excluding hydrogens is 293 g/mol. The molecule has 0 amide bonds. The van der Waals surface area contributed by atoms with E-state index in [0.717, 1.165) is 17.9 Å². The summed E-state index contributed by atoms with van der Waals surface area (Å²) in [4.78, 5) is 6.65. The van der Waals surface area contributed by atoms with Gasteiger partial charge in [0.05, 0.1) is 18.1 Å². The zero-order valence-corrected chi connectivity index (χ0v) is 13.6. The molecule has 0 saturated heterocycles. The average molecular weight is 314 g/mol. The molecule has 0 fully saturated rings. The van der Waals surface area contributed by atoms with Crippen LogP contribution in [0.4, 0.5) is 4.39 Å². The lowest BCUT2D eigenvalue weighted by atomic mass is 10.2. The van der Waals surface area contributed by atoms with Gasteiger partial charge in [-0.1, -0.05) is 0 Å². The zero-order valence-electron chi connectivity index (χ0n) is 12.9. The van der Waals surface area contributed by atoms with Gasteiger partial charge in [0.1, 0.15) is 5.82 Å². The summed E-state index contributed by atoms with van der Waals surface area (Å²) in [7, 11) is 5.53. The molecule has 4 nitrogen and oxygen atoms in total. The van der Waals surface area contributed by atoms with Gasteiger partial charge >= 0.3 is 0 Å². The second-order valence-electron chi connectivity index (χ2n) is 5.37. The molecule has 1 aromatic heterocycles. The Bertz CT molecular complexity index is 627. The lowest BCUT2D eigenvalue weighted by Crippen LogP contribution is -2.29. The molecule has 6 heteroatoms. The molecule has 1 aromatic carbocycles. The summed E-state index contributed by atoms with van der Waals surface area (Å²) in [6, 6.07) is 3.45. The Balaban J connectivity index is 2.54. The van der Waals surface area contributed by atoms with Crippen molar-refractivity contribution >= 4 is 22.6 Å². The Morgan fingerprint density at radius 2 is 2.14 bits per heavy atom. The normalized spacial score (nSPS) is 13.1. The minimum atomic E-state index is -0.396. The maximum atomic E-state index is 13.8. The zero-order chi connectivity index (χ0) is 15.6. The van der Waals surface area contributed by atoms with Gasteiger partial charge in [0.15, 0.2) is 11.6 Å². The minimum absolute atomic E-state index is 0.235. The summed E-state index contributed by atoms with van der Waals surface area (Å²) in [6.45, 7) is 2.90. The van der Waals surface area contributed by atoms with E-state index in [1.54, 1.807) is 6.07 Å². The molecule has 116 valence electrons. The van der Waals surface area contributed by atoms with Crippen molar-refractivity contribution in [3.05, 3.63) is 23.8 Å². The number of halogens is 2. The highest BCUT2D eigenvalue weighted by Gasteiger charge is 2.16. The number of aryl methyl sites for hydroxylation is 1. The number of hydrogen-bond acceptors (Lipinski definition) is 3. The van der Waals surface area contributed by atoms with Gasteiger partial charge in [0.25, 0.3) is 0 Å². The monoisotopic (exact) mass is 313 g/mol. The van der Waals surface area contributed by atoms with Crippen LogP contribution in [-0.2, 0) is 13.0 Å². The topological polar surface area (TPSA) is 30.3 Å². The summed E-state index contributed by atoms with van der Waals surface area (Å²) in [5.41, 5.74) is 1.52. The Hall–Kier alpha value is -1.33. The number of nitrogens with zero attached hydrogens (tertiary/aromatic N) is 3. The lowest BCUT2D eigenvalue weighted by Gasteiger charge is -2.21. The Kier molecular flexibility index (Phi) is 5.06. The number of hydrogen-bond donors (Lipinski definition) is 0. The quantitative estimate of drug-likeness (QED) is 0.768. The average Bonchev–Trinajstić information content (AvgIpc) is 2.75. The number of aromatic nitrogens is 2. The molecule has 1 unspecified atom stereocenters. The highest BCUT2D eigenvalue weighted by Crippen LogP contribution is 2.26. The van der Waals surface area contributed by atoms with E-state index < -0.39 is 5.82 Å². The van der Waals surface area contributed by atoms with E-state index in [4.69, 9.17) is 16.3 Å². The first-order valence-electron chi connectivity index (χ1n) is 6.93. The van der Waals surface area contributed by atoms with Crippen molar-refractivity contribution in [3.63, 3.8) is 0 Å². The van der Waals surface area contributed by atoms with Crippen molar-refractivity contribution in [1.29, 1.82) is 0 Å². The second-order valence-corrected chi connectivity index (χ2v) is 5.74. The van der Waals surface area contributed by atoms with E-state index >= 15 is 0 Å².